The highest BCUT2D eigenvalue weighted by atomic mass is 32.2. The monoisotopic (exact) mass is 358 g/mol. The summed E-state index contributed by atoms with van der Waals surface area (Å²) in [5, 5.41) is 20.3. The summed E-state index contributed by atoms with van der Waals surface area (Å²) in [6.45, 7) is 13.0. The lowest BCUT2D eigenvalue weighted by molar-refractivity contribution is 0.394. The molecule has 0 saturated carbocycles. The molecule has 136 valence electrons. The molecule has 0 atom stereocenters. The van der Waals surface area contributed by atoms with Crippen LogP contribution in [0.4, 0.5) is 0 Å². The standard InChI is InChI=1S/C22H30O2S/c1-21(2,3)13-15-11-17(7-9-19(15)23)25-18-8-10-20(24)16(12-18)14-22(4,5)6/h7-12,23-24H,13-14H2,1-6H3. The summed E-state index contributed by atoms with van der Waals surface area (Å²) in [7, 11) is 0. The predicted molar refractivity (Wildman–Crippen MR) is 107 cm³/mol. The van der Waals surface area contributed by atoms with E-state index in [1.165, 1.54) is 0 Å². The van der Waals surface area contributed by atoms with Gasteiger partial charge in [0.15, 0.2) is 0 Å². The molecule has 3 heteroatoms. The first kappa shape index (κ1) is 19.7. The Morgan fingerprint density at radius 2 is 1.04 bits per heavy atom. The van der Waals surface area contributed by atoms with E-state index in [2.05, 4.69) is 53.7 Å². The van der Waals surface area contributed by atoms with E-state index in [0.717, 1.165) is 33.8 Å². The van der Waals surface area contributed by atoms with Gasteiger partial charge in [-0.25, -0.2) is 0 Å². The van der Waals surface area contributed by atoms with Crippen molar-refractivity contribution in [3.63, 3.8) is 0 Å². The van der Waals surface area contributed by atoms with Crippen LogP contribution < -0.4 is 0 Å². The van der Waals surface area contributed by atoms with Crippen molar-refractivity contribution in [2.75, 3.05) is 0 Å². The fourth-order valence-electron chi connectivity index (χ4n) is 2.81. The fraction of sp³-hybridized carbons (Fsp3) is 0.455. The van der Waals surface area contributed by atoms with Crippen LogP contribution in [-0.2, 0) is 12.8 Å². The molecule has 0 aliphatic heterocycles. The first-order chi connectivity index (χ1) is 11.4. The van der Waals surface area contributed by atoms with E-state index in [1.54, 1.807) is 23.9 Å². The van der Waals surface area contributed by atoms with Crippen molar-refractivity contribution >= 4 is 11.8 Å². The third kappa shape index (κ3) is 6.32. The van der Waals surface area contributed by atoms with Crippen molar-refractivity contribution in [2.24, 2.45) is 10.8 Å². The van der Waals surface area contributed by atoms with E-state index in [4.69, 9.17) is 0 Å². The quantitative estimate of drug-likeness (QED) is 0.662. The molecule has 2 rings (SSSR count). The molecule has 0 aliphatic rings. The van der Waals surface area contributed by atoms with Crippen molar-refractivity contribution in [3.05, 3.63) is 47.5 Å². The Balaban J connectivity index is 2.25. The van der Waals surface area contributed by atoms with Crippen molar-refractivity contribution in [3.8, 4) is 11.5 Å². The van der Waals surface area contributed by atoms with Crippen LogP contribution >= 0.6 is 11.8 Å². The van der Waals surface area contributed by atoms with E-state index < -0.39 is 0 Å². The smallest absolute Gasteiger partial charge is 0.118 e. The van der Waals surface area contributed by atoms with Crippen LogP contribution in [0.5, 0.6) is 11.5 Å². The summed E-state index contributed by atoms with van der Waals surface area (Å²) in [5.74, 6) is 0.719. The average Bonchev–Trinajstić information content (AvgIpc) is 2.43. The van der Waals surface area contributed by atoms with Gasteiger partial charge in [0.1, 0.15) is 11.5 Å². The number of rotatable bonds is 4. The van der Waals surface area contributed by atoms with Crippen LogP contribution in [0.1, 0.15) is 52.7 Å². The lowest BCUT2D eigenvalue weighted by Gasteiger charge is -2.20. The van der Waals surface area contributed by atoms with E-state index in [9.17, 15) is 10.2 Å². The molecule has 2 aromatic rings. The SMILES string of the molecule is CC(C)(C)Cc1cc(Sc2ccc(O)c(CC(C)(C)C)c2)ccc1O. The lowest BCUT2D eigenvalue weighted by atomic mass is 9.88. The Morgan fingerprint density at radius 3 is 1.36 bits per heavy atom. The molecule has 0 heterocycles. The summed E-state index contributed by atoms with van der Waals surface area (Å²) < 4.78 is 0. The van der Waals surface area contributed by atoms with Gasteiger partial charge in [0.2, 0.25) is 0 Å². The van der Waals surface area contributed by atoms with Crippen LogP contribution in [0.3, 0.4) is 0 Å². The molecule has 0 aromatic heterocycles. The van der Waals surface area contributed by atoms with Crippen LogP contribution in [0.25, 0.3) is 0 Å². The van der Waals surface area contributed by atoms with Gasteiger partial charge >= 0.3 is 0 Å². The van der Waals surface area contributed by atoms with Crippen LogP contribution in [0, 0.1) is 10.8 Å². The molecule has 2 aromatic carbocycles. The molecule has 0 spiro atoms. The molecular weight excluding hydrogens is 328 g/mol. The molecule has 2 nitrogen and oxygen atoms in total. The first-order valence-electron chi connectivity index (χ1n) is 8.75. The highest BCUT2D eigenvalue weighted by Crippen LogP contribution is 2.36. The van der Waals surface area contributed by atoms with Crippen molar-refractivity contribution in [2.45, 2.75) is 64.2 Å². The highest BCUT2D eigenvalue weighted by molar-refractivity contribution is 7.99. The number of hydrogen-bond donors (Lipinski definition) is 2. The predicted octanol–water partition coefficient (Wildman–Crippen LogP) is 6.43. The normalized spacial score (nSPS) is 12.4. The zero-order valence-corrected chi connectivity index (χ0v) is 17.0. The molecule has 0 unspecified atom stereocenters. The minimum Gasteiger partial charge on any atom is -0.508 e. The lowest BCUT2D eigenvalue weighted by Crippen LogP contribution is -2.09. The van der Waals surface area contributed by atoms with E-state index >= 15 is 0 Å². The number of phenols is 2. The first-order valence-corrected chi connectivity index (χ1v) is 9.56. The van der Waals surface area contributed by atoms with Crippen LogP contribution in [0.2, 0.25) is 0 Å². The van der Waals surface area contributed by atoms with Gasteiger partial charge in [-0.15, -0.1) is 0 Å². The topological polar surface area (TPSA) is 40.5 Å². The largest absolute Gasteiger partial charge is 0.508 e. The Morgan fingerprint density at radius 1 is 0.680 bits per heavy atom. The van der Waals surface area contributed by atoms with Crippen molar-refractivity contribution in [1.29, 1.82) is 0 Å². The zero-order valence-electron chi connectivity index (χ0n) is 16.2. The van der Waals surface area contributed by atoms with Gasteiger partial charge < -0.3 is 10.2 Å². The van der Waals surface area contributed by atoms with Crippen LogP contribution in [-0.4, -0.2) is 10.2 Å². The zero-order chi connectivity index (χ0) is 18.8. The fourth-order valence-corrected chi connectivity index (χ4v) is 3.76. The molecule has 2 N–H and O–H groups in total. The average molecular weight is 359 g/mol. The Hall–Kier alpha value is -1.61. The second-order valence-corrected chi connectivity index (χ2v) is 10.3. The molecule has 25 heavy (non-hydrogen) atoms. The van der Waals surface area contributed by atoms with Gasteiger partial charge in [0.25, 0.3) is 0 Å². The molecule has 0 fully saturated rings. The second-order valence-electron chi connectivity index (χ2n) is 9.16. The van der Waals surface area contributed by atoms with Gasteiger partial charge in [-0.1, -0.05) is 53.3 Å². The molecule has 0 radical (unpaired) electrons. The minimum absolute atomic E-state index is 0.124. The molecule has 0 amide bonds. The van der Waals surface area contributed by atoms with Gasteiger partial charge in [-0.3, -0.25) is 0 Å². The maximum Gasteiger partial charge on any atom is 0.118 e. The van der Waals surface area contributed by atoms with Crippen LogP contribution in [0.15, 0.2) is 46.2 Å². The molecular formula is C22H30O2S. The molecule has 0 aliphatic carbocycles. The van der Waals surface area contributed by atoms with Gasteiger partial charge in [-0.2, -0.15) is 0 Å². The number of benzene rings is 2. The van der Waals surface area contributed by atoms with Crippen molar-refractivity contribution in [1.82, 2.24) is 0 Å². The Labute approximate surface area is 156 Å². The van der Waals surface area contributed by atoms with Gasteiger partial charge in [0, 0.05) is 9.79 Å². The van der Waals surface area contributed by atoms with E-state index in [0.29, 0.717) is 11.5 Å². The van der Waals surface area contributed by atoms with Gasteiger partial charge in [0.05, 0.1) is 0 Å². The maximum atomic E-state index is 10.1. The Kier molecular flexibility index (Phi) is 5.78. The summed E-state index contributed by atoms with van der Waals surface area (Å²) in [6, 6.07) is 11.6. The van der Waals surface area contributed by atoms with E-state index in [1.807, 2.05) is 12.1 Å². The number of hydrogen-bond acceptors (Lipinski definition) is 3. The summed E-state index contributed by atoms with van der Waals surface area (Å²) in [4.78, 5) is 2.20. The maximum absolute atomic E-state index is 10.1. The summed E-state index contributed by atoms with van der Waals surface area (Å²) in [6.07, 6.45) is 1.66. The number of aromatic hydroxyl groups is 2. The van der Waals surface area contributed by atoms with E-state index in [-0.39, 0.29) is 10.8 Å². The minimum atomic E-state index is 0.124. The number of phenolic OH excluding ortho intramolecular Hbond substituents is 2. The summed E-state index contributed by atoms with van der Waals surface area (Å²) in [5.41, 5.74) is 2.20. The second kappa shape index (κ2) is 7.33. The Bertz CT molecular complexity index is 673. The van der Waals surface area contributed by atoms with Crippen molar-refractivity contribution < 1.29 is 10.2 Å². The molecule has 0 bridgehead atoms. The third-order valence-electron chi connectivity index (χ3n) is 3.78. The highest BCUT2D eigenvalue weighted by Gasteiger charge is 2.16. The summed E-state index contributed by atoms with van der Waals surface area (Å²) >= 11 is 1.66. The van der Waals surface area contributed by atoms with Gasteiger partial charge in [-0.05, 0) is 71.2 Å². The molecule has 0 saturated heterocycles. The third-order valence-corrected chi connectivity index (χ3v) is 4.76.